The maximum atomic E-state index is 12.7. The average Bonchev–Trinajstić information content (AvgIpc) is 2.90. The summed E-state index contributed by atoms with van der Waals surface area (Å²) >= 11 is 0.933. The van der Waals surface area contributed by atoms with Crippen LogP contribution in [0.2, 0.25) is 0 Å². The molecule has 2 aromatic rings. The molecule has 1 atom stereocenters. The Morgan fingerprint density at radius 3 is 2.50 bits per heavy atom. The zero-order valence-corrected chi connectivity index (χ0v) is 15.2. The van der Waals surface area contributed by atoms with Crippen molar-refractivity contribution in [2.24, 2.45) is 0 Å². The second-order valence-electron chi connectivity index (χ2n) is 5.67. The van der Waals surface area contributed by atoms with Gasteiger partial charge in [-0.15, -0.1) is 0 Å². The fourth-order valence-electron chi connectivity index (χ4n) is 2.60. The first kappa shape index (κ1) is 18.0. The summed E-state index contributed by atoms with van der Waals surface area (Å²) in [7, 11) is 0. The molecule has 1 aliphatic rings. The number of hydrogen-bond acceptors (Lipinski definition) is 6. The van der Waals surface area contributed by atoms with Gasteiger partial charge in [-0.3, -0.25) is 9.59 Å². The van der Waals surface area contributed by atoms with E-state index in [4.69, 9.17) is 4.74 Å². The van der Waals surface area contributed by atoms with E-state index < -0.39 is 11.3 Å². The fraction of sp³-hybridized carbons (Fsp3) is 0.211. The lowest BCUT2D eigenvalue weighted by molar-refractivity contribution is -0.116. The molecule has 0 bridgehead atoms. The standard InChI is InChI=1S/C19H18N2O4S/c1-3-25-18(23)13-8-10-14(11-9-13)20-16-17(22)21(19(24)26-16)15-7-5-4-6-12(15)2/h4-11,16,20H,3H2,1-2H3. The summed E-state index contributed by atoms with van der Waals surface area (Å²) in [6.07, 6.45) is 0. The summed E-state index contributed by atoms with van der Waals surface area (Å²) < 4.78 is 4.94. The van der Waals surface area contributed by atoms with Crippen LogP contribution in [0.4, 0.5) is 16.2 Å². The van der Waals surface area contributed by atoms with Gasteiger partial charge in [0.25, 0.3) is 11.1 Å². The zero-order valence-electron chi connectivity index (χ0n) is 14.4. The second kappa shape index (κ2) is 7.61. The van der Waals surface area contributed by atoms with E-state index >= 15 is 0 Å². The van der Waals surface area contributed by atoms with Gasteiger partial charge in [0.15, 0.2) is 5.37 Å². The molecule has 0 radical (unpaired) electrons. The van der Waals surface area contributed by atoms with Gasteiger partial charge in [-0.05, 0) is 61.5 Å². The summed E-state index contributed by atoms with van der Waals surface area (Å²) in [6, 6.07) is 13.9. The molecule has 2 aromatic carbocycles. The van der Waals surface area contributed by atoms with Crippen LogP contribution in [0.3, 0.4) is 0 Å². The van der Waals surface area contributed by atoms with Crippen LogP contribution in [0.5, 0.6) is 0 Å². The Morgan fingerprint density at radius 2 is 1.85 bits per heavy atom. The zero-order chi connectivity index (χ0) is 18.7. The molecule has 1 saturated heterocycles. The van der Waals surface area contributed by atoms with E-state index in [-0.39, 0.29) is 11.1 Å². The molecule has 1 aliphatic heterocycles. The number of carbonyl (C=O) groups is 3. The van der Waals surface area contributed by atoms with E-state index in [9.17, 15) is 14.4 Å². The van der Waals surface area contributed by atoms with Gasteiger partial charge in [-0.1, -0.05) is 18.2 Å². The number of esters is 1. The minimum absolute atomic E-state index is 0.308. The van der Waals surface area contributed by atoms with Gasteiger partial charge < -0.3 is 10.1 Å². The van der Waals surface area contributed by atoms with E-state index in [1.54, 1.807) is 43.3 Å². The maximum Gasteiger partial charge on any atom is 0.338 e. The number of ether oxygens (including phenoxy) is 1. The summed E-state index contributed by atoms with van der Waals surface area (Å²) in [4.78, 5) is 37.9. The van der Waals surface area contributed by atoms with Crippen molar-refractivity contribution in [2.45, 2.75) is 19.2 Å². The van der Waals surface area contributed by atoms with Crippen LogP contribution in [0.1, 0.15) is 22.8 Å². The largest absolute Gasteiger partial charge is 0.462 e. The third-order valence-corrected chi connectivity index (χ3v) is 4.84. The molecule has 0 aromatic heterocycles. The third-order valence-electron chi connectivity index (χ3n) is 3.90. The first-order valence-electron chi connectivity index (χ1n) is 8.15. The lowest BCUT2D eigenvalue weighted by Crippen LogP contribution is -2.34. The smallest absolute Gasteiger partial charge is 0.338 e. The average molecular weight is 370 g/mol. The van der Waals surface area contributed by atoms with Crippen molar-refractivity contribution >= 4 is 40.3 Å². The molecule has 1 unspecified atom stereocenters. The van der Waals surface area contributed by atoms with Crippen molar-refractivity contribution in [1.29, 1.82) is 0 Å². The molecule has 0 spiro atoms. The predicted molar refractivity (Wildman–Crippen MR) is 101 cm³/mol. The molecule has 0 saturated carbocycles. The minimum Gasteiger partial charge on any atom is -0.462 e. The highest BCUT2D eigenvalue weighted by atomic mass is 32.2. The van der Waals surface area contributed by atoms with Gasteiger partial charge in [-0.2, -0.15) is 0 Å². The minimum atomic E-state index is -0.712. The number of aryl methyl sites for hydroxylation is 1. The summed E-state index contributed by atoms with van der Waals surface area (Å²) in [5.41, 5.74) is 2.52. The van der Waals surface area contributed by atoms with Crippen LogP contribution in [-0.2, 0) is 9.53 Å². The first-order chi connectivity index (χ1) is 12.5. The number of rotatable bonds is 5. The topological polar surface area (TPSA) is 75.7 Å². The maximum absolute atomic E-state index is 12.7. The van der Waals surface area contributed by atoms with Gasteiger partial charge in [0.1, 0.15) is 0 Å². The SMILES string of the molecule is CCOC(=O)c1ccc(NC2SC(=O)N(c3ccccc3C)C2=O)cc1. The van der Waals surface area contributed by atoms with Gasteiger partial charge in [0.05, 0.1) is 17.9 Å². The normalized spacial score (nSPS) is 16.7. The number of amides is 2. The van der Waals surface area contributed by atoms with E-state index in [0.29, 0.717) is 23.5 Å². The first-order valence-corrected chi connectivity index (χ1v) is 9.03. The molecule has 2 amide bonds. The Balaban J connectivity index is 1.73. The Morgan fingerprint density at radius 1 is 1.15 bits per heavy atom. The highest BCUT2D eigenvalue weighted by Gasteiger charge is 2.41. The van der Waals surface area contributed by atoms with Gasteiger partial charge >= 0.3 is 5.97 Å². The molecule has 1 heterocycles. The molecule has 134 valence electrons. The Bertz CT molecular complexity index is 851. The summed E-state index contributed by atoms with van der Waals surface area (Å²) in [5.74, 6) is -0.713. The molecule has 0 aliphatic carbocycles. The number of thioether (sulfide) groups is 1. The van der Waals surface area contributed by atoms with Gasteiger partial charge in [-0.25, -0.2) is 9.69 Å². The van der Waals surface area contributed by atoms with Crippen molar-refractivity contribution < 1.29 is 19.1 Å². The lowest BCUT2D eigenvalue weighted by atomic mass is 10.2. The number of imide groups is 1. The van der Waals surface area contributed by atoms with Crippen LogP contribution < -0.4 is 10.2 Å². The second-order valence-corrected chi connectivity index (χ2v) is 6.72. The van der Waals surface area contributed by atoms with Crippen LogP contribution in [0.15, 0.2) is 48.5 Å². The molecule has 7 heteroatoms. The van der Waals surface area contributed by atoms with Crippen LogP contribution >= 0.6 is 11.8 Å². The number of nitrogens with zero attached hydrogens (tertiary/aromatic N) is 1. The fourth-order valence-corrected chi connectivity index (χ4v) is 3.50. The van der Waals surface area contributed by atoms with Crippen molar-refractivity contribution in [3.8, 4) is 0 Å². The Labute approximate surface area is 155 Å². The molecule has 6 nitrogen and oxygen atoms in total. The molecular formula is C19H18N2O4S. The van der Waals surface area contributed by atoms with Gasteiger partial charge in [0, 0.05) is 5.69 Å². The number of anilines is 2. The van der Waals surface area contributed by atoms with Crippen molar-refractivity contribution in [3.05, 3.63) is 59.7 Å². The van der Waals surface area contributed by atoms with Gasteiger partial charge in [0.2, 0.25) is 0 Å². The predicted octanol–water partition coefficient (Wildman–Crippen LogP) is 3.81. The lowest BCUT2D eigenvalue weighted by Gasteiger charge is -2.17. The molecular weight excluding hydrogens is 352 g/mol. The van der Waals surface area contributed by atoms with Crippen LogP contribution in [-0.4, -0.2) is 29.1 Å². The van der Waals surface area contributed by atoms with Crippen LogP contribution in [0.25, 0.3) is 0 Å². The summed E-state index contributed by atoms with van der Waals surface area (Å²) in [5, 5.41) is 2.01. The number of carbonyl (C=O) groups excluding carboxylic acids is 3. The molecule has 3 rings (SSSR count). The number of hydrogen-bond donors (Lipinski definition) is 1. The van der Waals surface area contributed by atoms with Crippen molar-refractivity contribution in [2.75, 3.05) is 16.8 Å². The Hall–Kier alpha value is -2.80. The van der Waals surface area contributed by atoms with Crippen molar-refractivity contribution in [1.82, 2.24) is 0 Å². The Kier molecular flexibility index (Phi) is 5.27. The molecule has 26 heavy (non-hydrogen) atoms. The van der Waals surface area contributed by atoms with E-state index in [0.717, 1.165) is 17.3 Å². The third kappa shape index (κ3) is 3.57. The quantitative estimate of drug-likeness (QED) is 0.807. The monoisotopic (exact) mass is 370 g/mol. The van der Waals surface area contributed by atoms with Crippen LogP contribution in [0, 0.1) is 6.92 Å². The highest BCUT2D eigenvalue weighted by molar-refractivity contribution is 8.16. The number of benzene rings is 2. The van der Waals surface area contributed by atoms with E-state index in [1.807, 2.05) is 19.1 Å². The van der Waals surface area contributed by atoms with Crippen molar-refractivity contribution in [3.63, 3.8) is 0 Å². The molecule has 1 N–H and O–H groups in total. The van der Waals surface area contributed by atoms with E-state index in [2.05, 4.69) is 5.32 Å². The highest BCUT2D eigenvalue weighted by Crippen LogP contribution is 2.33. The van der Waals surface area contributed by atoms with E-state index in [1.165, 1.54) is 4.90 Å². The summed E-state index contributed by atoms with van der Waals surface area (Å²) in [6.45, 7) is 3.91. The molecule has 1 fully saturated rings. The number of para-hydroxylation sites is 1. The number of nitrogens with one attached hydrogen (secondary N) is 1.